The number of hydrogen-bond donors (Lipinski definition) is 0. The molecule has 1 aromatic carbocycles. The van der Waals surface area contributed by atoms with Gasteiger partial charge in [0.2, 0.25) is 0 Å². The van der Waals surface area contributed by atoms with Crippen LogP contribution in [0.1, 0.15) is 43.4 Å². The first kappa shape index (κ1) is 13.6. The summed E-state index contributed by atoms with van der Waals surface area (Å²) in [4.78, 5) is 0. The number of nitriles is 1. The Balaban J connectivity index is 2.34. The average molecular weight is 274 g/mol. The Morgan fingerprint density at radius 1 is 1.26 bits per heavy atom. The number of aromatic nitrogens is 2. The maximum Gasteiger partial charge on any atom is 0.0898 e. The molecule has 98 valence electrons. The predicted octanol–water partition coefficient (Wildman–Crippen LogP) is 4.16. The van der Waals surface area contributed by atoms with E-state index in [1.54, 1.807) is 0 Å². The Morgan fingerprint density at radius 2 is 1.95 bits per heavy atom. The van der Waals surface area contributed by atoms with Gasteiger partial charge in [0.1, 0.15) is 0 Å². The van der Waals surface area contributed by atoms with Crippen molar-refractivity contribution in [3.8, 4) is 6.07 Å². The molecule has 0 saturated heterocycles. The topological polar surface area (TPSA) is 41.6 Å². The Labute approximate surface area is 118 Å². The van der Waals surface area contributed by atoms with Crippen molar-refractivity contribution >= 4 is 11.6 Å². The van der Waals surface area contributed by atoms with Crippen LogP contribution in [-0.4, -0.2) is 9.78 Å². The fourth-order valence-corrected chi connectivity index (χ4v) is 2.08. The minimum absolute atomic E-state index is 0.0604. The minimum atomic E-state index is -0.0604. The van der Waals surface area contributed by atoms with Crippen molar-refractivity contribution in [3.63, 3.8) is 0 Å². The Morgan fingerprint density at radius 3 is 2.47 bits per heavy atom. The summed E-state index contributed by atoms with van der Waals surface area (Å²) in [5.41, 5.74) is 2.22. The van der Waals surface area contributed by atoms with E-state index in [2.05, 4.69) is 25.0 Å². The van der Waals surface area contributed by atoms with Crippen molar-refractivity contribution in [2.24, 2.45) is 0 Å². The quantitative estimate of drug-likeness (QED) is 0.839. The number of halogens is 1. The standard InChI is InChI=1S/C15H16ClN3/c1-11(2)13-9-18-19(10-13)15(7-8-17)12-3-5-14(16)6-4-12/h3-6,9-11,15H,7H2,1-2H3. The van der Waals surface area contributed by atoms with Gasteiger partial charge in [0.25, 0.3) is 0 Å². The number of benzene rings is 1. The predicted molar refractivity (Wildman–Crippen MR) is 76.1 cm³/mol. The third-order valence-corrected chi connectivity index (χ3v) is 3.40. The second kappa shape index (κ2) is 5.90. The highest BCUT2D eigenvalue weighted by Gasteiger charge is 2.15. The van der Waals surface area contributed by atoms with Gasteiger partial charge in [-0.1, -0.05) is 37.6 Å². The lowest BCUT2D eigenvalue weighted by Gasteiger charge is -2.15. The van der Waals surface area contributed by atoms with Gasteiger partial charge in [0.05, 0.1) is 24.7 Å². The second-order valence-corrected chi connectivity index (χ2v) is 5.27. The molecule has 0 N–H and O–H groups in total. The van der Waals surface area contributed by atoms with E-state index in [1.165, 1.54) is 5.56 Å². The van der Waals surface area contributed by atoms with E-state index in [9.17, 15) is 0 Å². The summed E-state index contributed by atoms with van der Waals surface area (Å²) in [6.07, 6.45) is 4.27. The lowest BCUT2D eigenvalue weighted by molar-refractivity contribution is 0.531. The summed E-state index contributed by atoms with van der Waals surface area (Å²) in [6, 6.07) is 9.74. The molecule has 0 aliphatic carbocycles. The molecule has 0 spiro atoms. The molecule has 3 nitrogen and oxygen atoms in total. The fraction of sp³-hybridized carbons (Fsp3) is 0.333. The van der Waals surface area contributed by atoms with Crippen LogP contribution in [0.4, 0.5) is 0 Å². The van der Waals surface area contributed by atoms with Crippen LogP contribution in [-0.2, 0) is 0 Å². The van der Waals surface area contributed by atoms with E-state index >= 15 is 0 Å². The molecule has 0 aliphatic heterocycles. The molecule has 0 aliphatic rings. The summed E-state index contributed by atoms with van der Waals surface area (Å²) >= 11 is 5.90. The number of hydrogen-bond acceptors (Lipinski definition) is 2. The van der Waals surface area contributed by atoms with Gasteiger partial charge in [-0.05, 0) is 29.2 Å². The molecule has 19 heavy (non-hydrogen) atoms. The van der Waals surface area contributed by atoms with Crippen molar-refractivity contribution in [1.82, 2.24) is 9.78 Å². The van der Waals surface area contributed by atoms with Crippen LogP contribution in [0, 0.1) is 11.3 Å². The van der Waals surface area contributed by atoms with E-state index in [-0.39, 0.29) is 6.04 Å². The molecule has 1 atom stereocenters. The molecule has 0 bridgehead atoms. The van der Waals surface area contributed by atoms with E-state index in [4.69, 9.17) is 16.9 Å². The van der Waals surface area contributed by atoms with Gasteiger partial charge >= 0.3 is 0 Å². The number of nitrogens with zero attached hydrogens (tertiary/aromatic N) is 3. The van der Waals surface area contributed by atoms with Crippen LogP contribution in [0.25, 0.3) is 0 Å². The van der Waals surface area contributed by atoms with Gasteiger partial charge in [0, 0.05) is 11.2 Å². The summed E-state index contributed by atoms with van der Waals surface area (Å²) in [6.45, 7) is 4.26. The maximum absolute atomic E-state index is 9.01. The number of rotatable bonds is 4. The van der Waals surface area contributed by atoms with E-state index in [0.29, 0.717) is 17.4 Å². The van der Waals surface area contributed by atoms with Crippen molar-refractivity contribution < 1.29 is 0 Å². The first-order chi connectivity index (χ1) is 9.11. The highest BCUT2D eigenvalue weighted by Crippen LogP contribution is 2.24. The normalized spacial score (nSPS) is 12.4. The molecular formula is C15H16ClN3. The summed E-state index contributed by atoms with van der Waals surface area (Å²) < 4.78 is 1.86. The molecule has 0 saturated carbocycles. The second-order valence-electron chi connectivity index (χ2n) is 4.84. The van der Waals surface area contributed by atoms with Gasteiger partial charge in [-0.15, -0.1) is 0 Å². The van der Waals surface area contributed by atoms with Crippen LogP contribution in [0.3, 0.4) is 0 Å². The first-order valence-electron chi connectivity index (χ1n) is 6.28. The van der Waals surface area contributed by atoms with E-state index in [0.717, 1.165) is 5.56 Å². The van der Waals surface area contributed by atoms with E-state index < -0.39 is 0 Å². The minimum Gasteiger partial charge on any atom is -0.264 e. The molecule has 4 heteroatoms. The van der Waals surface area contributed by atoms with Crippen molar-refractivity contribution in [2.75, 3.05) is 0 Å². The third kappa shape index (κ3) is 3.15. The molecule has 2 rings (SSSR count). The molecule has 1 unspecified atom stereocenters. The molecule has 1 aromatic heterocycles. The van der Waals surface area contributed by atoms with Crippen LogP contribution >= 0.6 is 11.6 Å². The zero-order valence-corrected chi connectivity index (χ0v) is 11.8. The van der Waals surface area contributed by atoms with Crippen LogP contribution in [0.15, 0.2) is 36.7 Å². The Bertz CT molecular complexity index is 578. The lowest BCUT2D eigenvalue weighted by atomic mass is 10.0. The van der Waals surface area contributed by atoms with Crippen molar-refractivity contribution in [3.05, 3.63) is 52.8 Å². The van der Waals surface area contributed by atoms with E-state index in [1.807, 2.05) is 41.3 Å². The highest BCUT2D eigenvalue weighted by atomic mass is 35.5. The molecule has 2 aromatic rings. The van der Waals surface area contributed by atoms with Crippen molar-refractivity contribution in [1.29, 1.82) is 5.26 Å². The highest BCUT2D eigenvalue weighted by molar-refractivity contribution is 6.30. The van der Waals surface area contributed by atoms with Gasteiger partial charge < -0.3 is 0 Å². The van der Waals surface area contributed by atoms with Crippen molar-refractivity contribution in [2.45, 2.75) is 32.2 Å². The molecule has 0 fully saturated rings. The van der Waals surface area contributed by atoms with Gasteiger partial charge in [0.15, 0.2) is 0 Å². The van der Waals surface area contributed by atoms with Gasteiger partial charge in [-0.3, -0.25) is 4.68 Å². The summed E-state index contributed by atoms with van der Waals surface area (Å²) in [7, 11) is 0. The summed E-state index contributed by atoms with van der Waals surface area (Å²) in [5, 5.41) is 14.1. The SMILES string of the molecule is CC(C)c1cnn(C(CC#N)c2ccc(Cl)cc2)c1. The zero-order valence-electron chi connectivity index (χ0n) is 11.0. The molecule has 1 heterocycles. The smallest absolute Gasteiger partial charge is 0.0898 e. The average Bonchev–Trinajstić information content (AvgIpc) is 2.87. The first-order valence-corrected chi connectivity index (χ1v) is 6.66. The van der Waals surface area contributed by atoms with Gasteiger partial charge in [-0.2, -0.15) is 10.4 Å². The lowest BCUT2D eigenvalue weighted by Crippen LogP contribution is -2.10. The Hall–Kier alpha value is -1.79. The Kier molecular flexibility index (Phi) is 4.24. The van der Waals surface area contributed by atoms with Crippen LogP contribution < -0.4 is 0 Å². The third-order valence-electron chi connectivity index (χ3n) is 3.15. The fourth-order valence-electron chi connectivity index (χ4n) is 1.96. The monoisotopic (exact) mass is 273 g/mol. The van der Waals surface area contributed by atoms with Crippen LogP contribution in [0.2, 0.25) is 5.02 Å². The largest absolute Gasteiger partial charge is 0.264 e. The van der Waals surface area contributed by atoms with Crippen LogP contribution in [0.5, 0.6) is 0 Å². The zero-order chi connectivity index (χ0) is 13.8. The van der Waals surface area contributed by atoms with Gasteiger partial charge in [-0.25, -0.2) is 0 Å². The maximum atomic E-state index is 9.01. The summed E-state index contributed by atoms with van der Waals surface area (Å²) in [5.74, 6) is 0.432. The molecular weight excluding hydrogens is 258 g/mol. The molecule has 0 amide bonds. The molecule has 0 radical (unpaired) electrons.